The SMILES string of the molecule is CCc1nocc1C(=O)N[C@H](C(=O)Nc1cc([C@@H](COC)N2C[C@@H](C(F)(F)F)NC2=O)ccn1)C1CCC(C(F)(F)F)CC1. The average molecular weight is 635 g/mol. The Hall–Kier alpha value is -3.89. The van der Waals surface area contributed by atoms with Crippen LogP contribution in [0.25, 0.3) is 0 Å². The Labute approximate surface area is 248 Å². The van der Waals surface area contributed by atoms with Gasteiger partial charge in [0.15, 0.2) is 0 Å². The molecule has 0 bridgehead atoms. The summed E-state index contributed by atoms with van der Waals surface area (Å²) in [7, 11) is 1.31. The maximum atomic E-state index is 13.6. The van der Waals surface area contributed by atoms with Gasteiger partial charge in [0, 0.05) is 13.3 Å². The molecule has 0 radical (unpaired) electrons. The summed E-state index contributed by atoms with van der Waals surface area (Å²) in [6, 6.07) is -2.46. The van der Waals surface area contributed by atoms with Gasteiger partial charge in [0.1, 0.15) is 29.7 Å². The van der Waals surface area contributed by atoms with Gasteiger partial charge in [-0.3, -0.25) is 9.59 Å². The van der Waals surface area contributed by atoms with Gasteiger partial charge in [0.2, 0.25) is 5.91 Å². The van der Waals surface area contributed by atoms with Crippen molar-refractivity contribution in [2.45, 2.75) is 69.5 Å². The molecule has 0 aromatic carbocycles. The molecule has 1 saturated heterocycles. The van der Waals surface area contributed by atoms with E-state index in [2.05, 4.69) is 20.8 Å². The number of pyridine rings is 1. The predicted octanol–water partition coefficient (Wildman–Crippen LogP) is 4.38. The fourth-order valence-corrected chi connectivity index (χ4v) is 5.56. The van der Waals surface area contributed by atoms with Crippen LogP contribution in [-0.4, -0.2) is 77.6 Å². The third kappa shape index (κ3) is 7.60. The Bertz CT molecular complexity index is 1330. The maximum Gasteiger partial charge on any atom is 0.410 e. The van der Waals surface area contributed by atoms with E-state index in [0.29, 0.717) is 17.7 Å². The zero-order valence-electron chi connectivity index (χ0n) is 23.8. The number of ether oxygens (including phenoxy) is 1. The Balaban J connectivity index is 1.55. The maximum absolute atomic E-state index is 13.6. The van der Waals surface area contributed by atoms with Crippen molar-refractivity contribution in [3.63, 3.8) is 0 Å². The normalized spacial score (nSPS) is 22.3. The number of aromatic nitrogens is 2. The number of alkyl halides is 6. The number of urea groups is 1. The van der Waals surface area contributed by atoms with E-state index in [1.54, 1.807) is 6.92 Å². The topological polar surface area (TPSA) is 139 Å². The molecule has 3 atom stereocenters. The molecule has 1 aliphatic heterocycles. The molecule has 0 spiro atoms. The second-order valence-electron chi connectivity index (χ2n) is 10.8. The van der Waals surface area contributed by atoms with Crippen LogP contribution in [0.2, 0.25) is 0 Å². The summed E-state index contributed by atoms with van der Waals surface area (Å²) >= 11 is 0. The van der Waals surface area contributed by atoms with Crippen LogP contribution in [-0.2, 0) is 16.0 Å². The molecule has 242 valence electrons. The molecule has 1 aliphatic carbocycles. The van der Waals surface area contributed by atoms with Gasteiger partial charge in [-0.1, -0.05) is 12.1 Å². The van der Waals surface area contributed by atoms with Gasteiger partial charge in [-0.05, 0) is 55.7 Å². The van der Waals surface area contributed by atoms with E-state index in [1.807, 2.05) is 5.32 Å². The zero-order valence-corrected chi connectivity index (χ0v) is 23.8. The van der Waals surface area contributed by atoms with E-state index >= 15 is 0 Å². The summed E-state index contributed by atoms with van der Waals surface area (Å²) in [6.07, 6.45) is -6.71. The number of halogens is 6. The van der Waals surface area contributed by atoms with E-state index in [9.17, 15) is 40.7 Å². The number of rotatable bonds is 10. The summed E-state index contributed by atoms with van der Waals surface area (Å²) in [4.78, 5) is 44.1. The van der Waals surface area contributed by atoms with E-state index in [0.717, 1.165) is 11.2 Å². The molecule has 1 saturated carbocycles. The molecule has 17 heteroatoms. The first-order valence-electron chi connectivity index (χ1n) is 13.9. The van der Waals surface area contributed by atoms with E-state index in [4.69, 9.17) is 9.26 Å². The van der Waals surface area contributed by atoms with E-state index in [1.165, 1.54) is 25.4 Å². The van der Waals surface area contributed by atoms with Crippen LogP contribution in [0.15, 0.2) is 29.1 Å². The smallest absolute Gasteiger partial charge is 0.382 e. The quantitative estimate of drug-likeness (QED) is 0.330. The molecule has 11 nitrogen and oxygen atoms in total. The van der Waals surface area contributed by atoms with Crippen molar-refractivity contribution in [1.82, 2.24) is 25.7 Å². The van der Waals surface area contributed by atoms with Gasteiger partial charge in [-0.2, -0.15) is 26.3 Å². The van der Waals surface area contributed by atoms with E-state index < -0.39 is 66.7 Å². The van der Waals surface area contributed by atoms with Gasteiger partial charge in [-0.25, -0.2) is 9.78 Å². The Morgan fingerprint density at radius 1 is 1.16 bits per heavy atom. The van der Waals surface area contributed by atoms with Crippen LogP contribution in [0.1, 0.15) is 60.3 Å². The molecule has 3 heterocycles. The molecule has 0 unspecified atom stereocenters. The molecule has 3 N–H and O–H groups in total. The lowest BCUT2D eigenvalue weighted by atomic mass is 9.78. The Kier molecular flexibility index (Phi) is 10.1. The second kappa shape index (κ2) is 13.4. The minimum absolute atomic E-state index is 0.0145. The average Bonchev–Trinajstić information content (AvgIpc) is 3.61. The van der Waals surface area contributed by atoms with Crippen LogP contribution in [0, 0.1) is 11.8 Å². The van der Waals surface area contributed by atoms with Crippen LogP contribution in [0.3, 0.4) is 0 Å². The molecule has 2 aromatic heterocycles. The van der Waals surface area contributed by atoms with Crippen molar-refractivity contribution in [1.29, 1.82) is 0 Å². The fraction of sp³-hybridized carbons (Fsp3) is 0.593. The lowest BCUT2D eigenvalue weighted by molar-refractivity contribution is -0.184. The first kappa shape index (κ1) is 33.0. The van der Waals surface area contributed by atoms with Gasteiger partial charge in [0.25, 0.3) is 5.91 Å². The number of carbonyl (C=O) groups is 3. The minimum atomic E-state index is -4.66. The number of nitrogens with one attached hydrogen (secondary N) is 3. The summed E-state index contributed by atoms with van der Waals surface area (Å²) < 4.78 is 89.8. The standard InChI is InChI=1S/C27H32F6N6O5/c1-3-18-17(12-44-38-18)23(40)37-22(14-4-6-16(7-5-14)26(28,29)30)24(41)36-21-10-15(8-9-34-21)19(13-43-2)39-11-20(27(31,32)33)35-25(39)42/h8-10,12,14,16,19-20,22H,3-7,11,13H2,1-2H3,(H,35,42)(H,37,40)(H,34,36,41)/t14?,16?,19-,20+,22+/m1/s1. The zero-order chi connectivity index (χ0) is 32.2. The van der Waals surface area contributed by atoms with Crippen LogP contribution in [0.5, 0.6) is 0 Å². The molecular weight excluding hydrogens is 602 g/mol. The highest BCUT2D eigenvalue weighted by atomic mass is 19.4. The highest BCUT2D eigenvalue weighted by Gasteiger charge is 2.49. The fourth-order valence-electron chi connectivity index (χ4n) is 5.56. The second-order valence-corrected chi connectivity index (χ2v) is 10.8. The third-order valence-corrected chi connectivity index (χ3v) is 7.95. The number of carbonyl (C=O) groups excluding carboxylic acids is 3. The summed E-state index contributed by atoms with van der Waals surface area (Å²) in [5.41, 5.74) is 0.719. The highest BCUT2D eigenvalue weighted by molar-refractivity contribution is 6.01. The third-order valence-electron chi connectivity index (χ3n) is 7.95. The highest BCUT2D eigenvalue weighted by Crippen LogP contribution is 2.40. The minimum Gasteiger partial charge on any atom is -0.382 e. The first-order valence-corrected chi connectivity index (χ1v) is 13.9. The van der Waals surface area contributed by atoms with E-state index in [-0.39, 0.29) is 43.7 Å². The monoisotopic (exact) mass is 634 g/mol. The number of aryl methyl sites for hydroxylation is 1. The predicted molar refractivity (Wildman–Crippen MR) is 141 cm³/mol. The summed E-state index contributed by atoms with van der Waals surface area (Å²) in [6.45, 7) is 0.897. The first-order chi connectivity index (χ1) is 20.7. The van der Waals surface area contributed by atoms with Crippen molar-refractivity contribution >= 4 is 23.7 Å². The van der Waals surface area contributed by atoms with Crippen LogP contribution in [0.4, 0.5) is 37.0 Å². The van der Waals surface area contributed by atoms with Crippen molar-refractivity contribution in [2.75, 3.05) is 25.6 Å². The number of hydrogen-bond acceptors (Lipinski definition) is 7. The van der Waals surface area contributed by atoms with Crippen molar-refractivity contribution in [2.24, 2.45) is 11.8 Å². The summed E-state index contributed by atoms with van der Waals surface area (Å²) in [5, 5.41) is 10.8. The van der Waals surface area contributed by atoms with Crippen molar-refractivity contribution in [3.05, 3.63) is 41.4 Å². The largest absolute Gasteiger partial charge is 0.410 e. The van der Waals surface area contributed by atoms with Gasteiger partial charge >= 0.3 is 18.4 Å². The number of hydrogen-bond donors (Lipinski definition) is 3. The number of methoxy groups -OCH3 is 1. The van der Waals surface area contributed by atoms with Crippen molar-refractivity contribution in [3.8, 4) is 0 Å². The lowest BCUT2D eigenvalue weighted by Crippen LogP contribution is -2.50. The molecule has 2 fully saturated rings. The molecule has 4 rings (SSSR count). The lowest BCUT2D eigenvalue weighted by Gasteiger charge is -2.34. The van der Waals surface area contributed by atoms with Gasteiger partial charge < -0.3 is 30.1 Å². The van der Waals surface area contributed by atoms with Crippen LogP contribution < -0.4 is 16.0 Å². The molecule has 44 heavy (non-hydrogen) atoms. The molecule has 2 aromatic rings. The summed E-state index contributed by atoms with van der Waals surface area (Å²) in [5.74, 6) is -3.66. The van der Waals surface area contributed by atoms with Crippen molar-refractivity contribution < 1.29 is 50.0 Å². The molecule has 4 amide bonds. The number of nitrogens with zero attached hydrogens (tertiary/aromatic N) is 3. The van der Waals surface area contributed by atoms with Gasteiger partial charge in [-0.15, -0.1) is 0 Å². The van der Waals surface area contributed by atoms with Crippen LogP contribution >= 0.6 is 0 Å². The molecule has 2 aliphatic rings. The molecular formula is C27H32F6N6O5. The Morgan fingerprint density at radius 2 is 1.86 bits per heavy atom. The number of amides is 4. The Morgan fingerprint density at radius 3 is 2.45 bits per heavy atom. The number of anilines is 1. The van der Waals surface area contributed by atoms with Gasteiger partial charge in [0.05, 0.1) is 30.8 Å².